The number of hydrogen-bond acceptors (Lipinski definition) is 5. The molecular formula is C21H22FN3O2S. The number of halogens is 1. The van der Waals surface area contributed by atoms with Crippen LogP contribution in [0.3, 0.4) is 0 Å². The van der Waals surface area contributed by atoms with Gasteiger partial charge in [-0.15, -0.1) is 0 Å². The van der Waals surface area contributed by atoms with Gasteiger partial charge in [0.1, 0.15) is 33.3 Å². The van der Waals surface area contributed by atoms with Crippen LogP contribution < -0.4 is 5.73 Å². The van der Waals surface area contributed by atoms with E-state index in [-0.39, 0.29) is 17.3 Å². The lowest BCUT2D eigenvalue weighted by Gasteiger charge is -2.37. The molecule has 28 heavy (non-hydrogen) atoms. The molecule has 0 saturated carbocycles. The third-order valence-electron chi connectivity index (χ3n) is 4.98. The maximum absolute atomic E-state index is 14.6. The van der Waals surface area contributed by atoms with Gasteiger partial charge in [0, 0.05) is 5.56 Å². The van der Waals surface area contributed by atoms with Gasteiger partial charge in [0.25, 0.3) is 0 Å². The molecule has 0 spiro atoms. The van der Waals surface area contributed by atoms with Crippen LogP contribution in [0.4, 0.5) is 4.39 Å². The highest BCUT2D eigenvalue weighted by Gasteiger charge is 2.50. The molecule has 0 aliphatic carbocycles. The summed E-state index contributed by atoms with van der Waals surface area (Å²) in [5, 5.41) is 0. The number of amidine groups is 1. The first-order chi connectivity index (χ1) is 12.9. The number of sulfone groups is 1. The van der Waals surface area contributed by atoms with Crippen molar-refractivity contribution in [2.24, 2.45) is 10.7 Å². The van der Waals surface area contributed by atoms with Gasteiger partial charge in [0.15, 0.2) is 9.84 Å². The van der Waals surface area contributed by atoms with E-state index in [0.29, 0.717) is 5.69 Å². The fourth-order valence-electron chi connectivity index (χ4n) is 2.93. The van der Waals surface area contributed by atoms with Crippen LogP contribution in [0.1, 0.15) is 43.3 Å². The zero-order chi connectivity index (χ0) is 20.7. The van der Waals surface area contributed by atoms with Crippen LogP contribution in [0.15, 0.2) is 41.4 Å². The molecule has 0 saturated heterocycles. The highest BCUT2D eigenvalue weighted by molar-refractivity contribution is 7.93. The average Bonchev–Trinajstić information content (AvgIpc) is 2.60. The Hall–Kier alpha value is -2.72. The highest BCUT2D eigenvalue weighted by Crippen LogP contribution is 2.36. The normalized spacial score (nSPS) is 22.7. The van der Waals surface area contributed by atoms with Gasteiger partial charge in [0.2, 0.25) is 0 Å². The summed E-state index contributed by atoms with van der Waals surface area (Å²) in [6.45, 7) is 6.49. The van der Waals surface area contributed by atoms with E-state index >= 15 is 0 Å². The molecule has 1 aliphatic heterocycles. The van der Waals surface area contributed by atoms with E-state index < -0.39 is 25.9 Å². The molecule has 3 rings (SSSR count). The maximum Gasteiger partial charge on any atom is 0.165 e. The number of aliphatic imine (C=N–C) groups is 1. The molecule has 0 radical (unpaired) electrons. The molecule has 0 fully saturated rings. The van der Waals surface area contributed by atoms with Crippen LogP contribution >= 0.6 is 0 Å². The average molecular weight is 399 g/mol. The fraction of sp³-hybridized carbons (Fsp3) is 0.333. The van der Waals surface area contributed by atoms with Crippen LogP contribution in [0.25, 0.3) is 0 Å². The smallest absolute Gasteiger partial charge is 0.165 e. The van der Waals surface area contributed by atoms with Gasteiger partial charge in [0.05, 0.1) is 5.75 Å². The largest absolute Gasteiger partial charge is 0.386 e. The number of nitrogens with two attached hydrogens (primary N) is 1. The van der Waals surface area contributed by atoms with E-state index in [1.54, 1.807) is 0 Å². The molecule has 5 nitrogen and oxygen atoms in total. The Morgan fingerprint density at radius 3 is 2.32 bits per heavy atom. The number of hydrogen-bond donors (Lipinski definition) is 1. The Bertz CT molecular complexity index is 1130. The van der Waals surface area contributed by atoms with Crippen molar-refractivity contribution in [3.63, 3.8) is 0 Å². The van der Waals surface area contributed by atoms with Crippen LogP contribution in [0.5, 0.6) is 0 Å². The molecule has 2 heterocycles. The van der Waals surface area contributed by atoms with Crippen molar-refractivity contribution in [1.82, 2.24) is 4.98 Å². The van der Waals surface area contributed by atoms with Crippen LogP contribution in [0, 0.1) is 24.6 Å². The second kappa shape index (κ2) is 6.71. The van der Waals surface area contributed by atoms with E-state index in [1.165, 1.54) is 32.9 Å². The Kier molecular flexibility index (Phi) is 4.80. The lowest BCUT2D eigenvalue weighted by atomic mass is 9.98. The van der Waals surface area contributed by atoms with Gasteiger partial charge in [-0.1, -0.05) is 23.6 Å². The Labute approximate surface area is 164 Å². The van der Waals surface area contributed by atoms with Gasteiger partial charge in [-0.05, 0) is 57.9 Å². The molecule has 2 aromatic rings. The van der Waals surface area contributed by atoms with Crippen molar-refractivity contribution >= 4 is 15.7 Å². The van der Waals surface area contributed by atoms with E-state index in [0.717, 1.165) is 11.1 Å². The molecule has 1 aliphatic rings. The molecule has 146 valence electrons. The SMILES string of the molecule is Cc1ccc(C#Cc2ccc(F)c(C3(C)CS(=O)(=O)C(C)(C)C(N)=N3)n2)cc1. The minimum absolute atomic E-state index is 0.0569. The van der Waals surface area contributed by atoms with Crippen LogP contribution in [-0.4, -0.2) is 29.7 Å². The van der Waals surface area contributed by atoms with Gasteiger partial charge in [-0.2, -0.15) is 0 Å². The third kappa shape index (κ3) is 3.52. The number of aryl methyl sites for hydroxylation is 1. The van der Waals surface area contributed by atoms with Crippen molar-refractivity contribution in [3.8, 4) is 11.8 Å². The summed E-state index contributed by atoms with van der Waals surface area (Å²) in [4.78, 5) is 8.60. The topological polar surface area (TPSA) is 85.4 Å². The number of pyridine rings is 1. The summed E-state index contributed by atoms with van der Waals surface area (Å²) in [6, 6.07) is 10.3. The van der Waals surface area contributed by atoms with Crippen molar-refractivity contribution in [3.05, 3.63) is 64.7 Å². The van der Waals surface area contributed by atoms with Gasteiger partial charge < -0.3 is 5.73 Å². The lowest BCUT2D eigenvalue weighted by molar-refractivity contribution is 0.461. The molecule has 1 unspecified atom stereocenters. The molecule has 0 amide bonds. The van der Waals surface area contributed by atoms with Gasteiger partial charge >= 0.3 is 0 Å². The van der Waals surface area contributed by atoms with Crippen molar-refractivity contribution in [1.29, 1.82) is 0 Å². The van der Waals surface area contributed by atoms with Crippen molar-refractivity contribution in [2.75, 3.05) is 5.75 Å². The molecule has 2 N–H and O–H groups in total. The first-order valence-electron chi connectivity index (χ1n) is 8.78. The van der Waals surface area contributed by atoms with Crippen molar-refractivity contribution in [2.45, 2.75) is 38.0 Å². The Morgan fingerprint density at radius 1 is 1.07 bits per heavy atom. The summed E-state index contributed by atoms with van der Waals surface area (Å²) in [6.07, 6.45) is 0. The third-order valence-corrected chi connectivity index (χ3v) is 7.68. The Balaban J connectivity index is 2.05. The van der Waals surface area contributed by atoms with E-state index in [9.17, 15) is 12.8 Å². The second-order valence-electron chi connectivity index (χ2n) is 7.68. The summed E-state index contributed by atoms with van der Waals surface area (Å²) in [7, 11) is -3.65. The first-order valence-corrected chi connectivity index (χ1v) is 10.4. The quantitative estimate of drug-likeness (QED) is 0.747. The maximum atomic E-state index is 14.6. The van der Waals surface area contributed by atoms with Gasteiger partial charge in [-0.25, -0.2) is 17.8 Å². The summed E-state index contributed by atoms with van der Waals surface area (Å²) in [5.41, 5.74) is 6.69. The predicted molar refractivity (Wildman–Crippen MR) is 108 cm³/mol. The highest BCUT2D eigenvalue weighted by atomic mass is 32.2. The fourth-order valence-corrected chi connectivity index (χ4v) is 4.59. The number of nitrogens with zero attached hydrogens (tertiary/aromatic N) is 2. The molecule has 7 heteroatoms. The standard InChI is InChI=1S/C21H22FN3O2S/c1-14-5-7-15(8-6-14)9-10-16-11-12-17(22)18(24-16)21(4)13-28(26,27)20(2,3)19(23)25-21/h5-8,11-12H,13H2,1-4H3,(H2,23,25). The van der Waals surface area contributed by atoms with E-state index in [4.69, 9.17) is 5.73 Å². The number of aromatic nitrogens is 1. The number of rotatable bonds is 1. The van der Waals surface area contributed by atoms with Crippen molar-refractivity contribution < 1.29 is 12.8 Å². The Morgan fingerprint density at radius 2 is 1.71 bits per heavy atom. The molecule has 1 aromatic carbocycles. The first kappa shape index (κ1) is 20.0. The van der Waals surface area contributed by atoms with Crippen LogP contribution in [-0.2, 0) is 15.4 Å². The molecule has 1 atom stereocenters. The predicted octanol–water partition coefficient (Wildman–Crippen LogP) is 2.71. The minimum atomic E-state index is -3.65. The monoisotopic (exact) mass is 399 g/mol. The zero-order valence-corrected chi connectivity index (χ0v) is 17.1. The molecule has 1 aromatic heterocycles. The lowest BCUT2D eigenvalue weighted by Crippen LogP contribution is -2.55. The summed E-state index contributed by atoms with van der Waals surface area (Å²) >= 11 is 0. The molecular weight excluding hydrogens is 377 g/mol. The minimum Gasteiger partial charge on any atom is -0.386 e. The van der Waals surface area contributed by atoms with Crippen LogP contribution in [0.2, 0.25) is 0 Å². The molecule has 0 bridgehead atoms. The second-order valence-corrected chi connectivity index (χ2v) is 10.2. The summed E-state index contributed by atoms with van der Waals surface area (Å²) in [5.74, 6) is 4.79. The van der Waals surface area contributed by atoms with E-state index in [2.05, 4.69) is 21.8 Å². The van der Waals surface area contributed by atoms with Gasteiger partial charge in [-0.3, -0.25) is 4.99 Å². The zero-order valence-electron chi connectivity index (χ0n) is 16.2. The summed E-state index contributed by atoms with van der Waals surface area (Å²) < 4.78 is 38.7. The van der Waals surface area contributed by atoms with E-state index in [1.807, 2.05) is 31.2 Å². The number of benzene rings is 1.